The average molecular weight is 407 g/mol. The highest BCUT2D eigenvalue weighted by Crippen LogP contribution is 2.35. The highest BCUT2D eigenvalue weighted by atomic mass is 16.2. The Hall–Kier alpha value is -3.75. The van der Waals surface area contributed by atoms with E-state index in [2.05, 4.69) is 9.97 Å². The molecular formula is C21H21N5O4. The second-order valence-electron chi connectivity index (χ2n) is 7.80. The van der Waals surface area contributed by atoms with Gasteiger partial charge in [-0.2, -0.15) is 0 Å². The third-order valence-corrected chi connectivity index (χ3v) is 5.61. The number of aromatic amines is 1. The first-order valence-electron chi connectivity index (χ1n) is 9.46. The summed E-state index contributed by atoms with van der Waals surface area (Å²) in [6, 6.07) is 11.0. The van der Waals surface area contributed by atoms with Crippen molar-refractivity contribution in [3.8, 4) is 0 Å². The second-order valence-corrected chi connectivity index (χ2v) is 7.80. The molecular weight excluding hydrogens is 386 g/mol. The van der Waals surface area contributed by atoms with Gasteiger partial charge in [-0.25, -0.2) is 9.78 Å². The first kappa shape index (κ1) is 19.6. The van der Waals surface area contributed by atoms with Crippen LogP contribution in [0.1, 0.15) is 21.6 Å². The molecule has 0 aliphatic carbocycles. The number of nitrogens with two attached hydrogens (primary N) is 1. The van der Waals surface area contributed by atoms with E-state index in [4.69, 9.17) is 5.73 Å². The van der Waals surface area contributed by atoms with Gasteiger partial charge in [-0.05, 0) is 25.0 Å². The third kappa shape index (κ3) is 3.08. The van der Waals surface area contributed by atoms with Crippen molar-refractivity contribution in [2.75, 3.05) is 13.1 Å². The molecule has 1 aliphatic rings. The molecule has 9 nitrogen and oxygen atoms in total. The van der Waals surface area contributed by atoms with Crippen LogP contribution in [0, 0.1) is 12.3 Å². The molecule has 3 N–H and O–H groups in total. The number of aromatic nitrogens is 3. The molecule has 9 heteroatoms. The van der Waals surface area contributed by atoms with E-state index in [1.54, 1.807) is 6.92 Å². The lowest BCUT2D eigenvalue weighted by atomic mass is 9.73. The number of fused-ring (bicyclic) bond motifs is 1. The van der Waals surface area contributed by atoms with Crippen LogP contribution in [0.3, 0.4) is 0 Å². The summed E-state index contributed by atoms with van der Waals surface area (Å²) in [4.78, 5) is 57.7. The molecule has 3 heterocycles. The molecule has 1 saturated heterocycles. The fourth-order valence-electron chi connectivity index (χ4n) is 3.97. The Bertz CT molecular complexity index is 1290. The molecule has 0 spiro atoms. The quantitative estimate of drug-likeness (QED) is 0.633. The number of carbonyl (C=O) groups is 2. The number of rotatable bonds is 4. The fourth-order valence-corrected chi connectivity index (χ4v) is 3.97. The number of amides is 2. The number of nitrogens with zero attached hydrogens (tertiary/aromatic N) is 3. The Balaban J connectivity index is 1.69. The smallest absolute Gasteiger partial charge is 0.329 e. The van der Waals surface area contributed by atoms with Gasteiger partial charge in [-0.15, -0.1) is 0 Å². The number of carbonyl (C=O) groups excluding carboxylic acids is 2. The SMILES string of the molecule is Cc1cc(C(=O)N2CC(Cc3ccccc3)(C(N)=O)C2)c2c(=O)[nH]c(=O)n(C)c2n1. The van der Waals surface area contributed by atoms with E-state index < -0.39 is 28.5 Å². The molecule has 2 amide bonds. The summed E-state index contributed by atoms with van der Waals surface area (Å²) in [6.07, 6.45) is 0.429. The van der Waals surface area contributed by atoms with E-state index in [0.717, 1.165) is 5.56 Å². The van der Waals surface area contributed by atoms with Gasteiger partial charge in [0.2, 0.25) is 5.91 Å². The Kier molecular flexibility index (Phi) is 4.53. The standard InChI is InChI=1S/C21H21N5O4/c1-12-8-14(15-16(23-12)25(2)20(30)24-17(15)27)18(28)26-10-21(11-26,19(22)29)9-13-6-4-3-5-7-13/h3-8H,9-11H2,1-2H3,(H2,22,29)(H,24,27,30). The molecule has 1 aliphatic heterocycles. The summed E-state index contributed by atoms with van der Waals surface area (Å²) < 4.78 is 1.19. The lowest BCUT2D eigenvalue weighted by molar-refractivity contribution is -0.135. The number of primary amides is 1. The molecule has 0 unspecified atom stereocenters. The molecule has 3 aromatic rings. The molecule has 1 aromatic carbocycles. The van der Waals surface area contributed by atoms with Crippen molar-refractivity contribution < 1.29 is 9.59 Å². The Morgan fingerprint density at radius 3 is 2.50 bits per heavy atom. The summed E-state index contributed by atoms with van der Waals surface area (Å²) in [6.45, 7) is 1.99. The summed E-state index contributed by atoms with van der Waals surface area (Å²) in [7, 11) is 1.48. The predicted octanol–water partition coefficient (Wildman–Crippen LogP) is 0.100. The molecule has 30 heavy (non-hydrogen) atoms. The highest BCUT2D eigenvalue weighted by molar-refractivity contribution is 6.06. The summed E-state index contributed by atoms with van der Waals surface area (Å²) in [5, 5.41) is 0.0485. The fraction of sp³-hybridized carbons (Fsp3) is 0.286. The van der Waals surface area contributed by atoms with Gasteiger partial charge in [0.1, 0.15) is 5.65 Å². The molecule has 4 rings (SSSR count). The van der Waals surface area contributed by atoms with Crippen molar-refractivity contribution in [3.63, 3.8) is 0 Å². The number of aryl methyl sites for hydroxylation is 2. The van der Waals surface area contributed by atoms with E-state index in [-0.39, 0.29) is 29.7 Å². The number of hydrogen-bond acceptors (Lipinski definition) is 5. The third-order valence-electron chi connectivity index (χ3n) is 5.61. The van der Waals surface area contributed by atoms with Crippen LogP contribution >= 0.6 is 0 Å². The van der Waals surface area contributed by atoms with Crippen LogP contribution < -0.4 is 17.0 Å². The van der Waals surface area contributed by atoms with Crippen LogP contribution in [0.15, 0.2) is 46.0 Å². The van der Waals surface area contributed by atoms with Crippen molar-refractivity contribution in [1.82, 2.24) is 19.4 Å². The second kappa shape index (κ2) is 6.94. The van der Waals surface area contributed by atoms with Crippen molar-refractivity contribution in [2.45, 2.75) is 13.3 Å². The molecule has 154 valence electrons. The zero-order valence-electron chi connectivity index (χ0n) is 16.6. The lowest BCUT2D eigenvalue weighted by Gasteiger charge is -2.48. The Labute approximate surface area is 171 Å². The number of pyridine rings is 1. The van der Waals surface area contributed by atoms with E-state index >= 15 is 0 Å². The van der Waals surface area contributed by atoms with Gasteiger partial charge in [0.25, 0.3) is 11.5 Å². The largest absolute Gasteiger partial charge is 0.369 e. The minimum absolute atomic E-state index is 0.0485. The minimum Gasteiger partial charge on any atom is -0.369 e. The highest BCUT2D eigenvalue weighted by Gasteiger charge is 2.50. The van der Waals surface area contributed by atoms with E-state index in [1.165, 1.54) is 22.6 Å². The minimum atomic E-state index is -0.853. The van der Waals surface area contributed by atoms with Crippen molar-refractivity contribution in [1.29, 1.82) is 0 Å². The first-order valence-corrected chi connectivity index (χ1v) is 9.46. The van der Waals surface area contributed by atoms with E-state index in [9.17, 15) is 19.2 Å². The van der Waals surface area contributed by atoms with E-state index in [0.29, 0.717) is 12.1 Å². The number of hydrogen-bond donors (Lipinski definition) is 2. The van der Waals surface area contributed by atoms with Gasteiger partial charge >= 0.3 is 5.69 Å². The monoisotopic (exact) mass is 407 g/mol. The Morgan fingerprint density at radius 2 is 1.87 bits per heavy atom. The van der Waals surface area contributed by atoms with Gasteiger partial charge in [-0.1, -0.05) is 30.3 Å². The van der Waals surface area contributed by atoms with Crippen LogP contribution in [-0.4, -0.2) is 44.3 Å². The van der Waals surface area contributed by atoms with Gasteiger partial charge in [0.05, 0.1) is 16.4 Å². The molecule has 2 aromatic heterocycles. The average Bonchev–Trinajstić information content (AvgIpc) is 2.68. The maximum Gasteiger partial charge on any atom is 0.329 e. The Morgan fingerprint density at radius 1 is 1.20 bits per heavy atom. The molecule has 0 bridgehead atoms. The molecule has 0 saturated carbocycles. The first-order chi connectivity index (χ1) is 14.2. The van der Waals surface area contributed by atoms with Crippen molar-refractivity contribution >= 4 is 22.8 Å². The van der Waals surface area contributed by atoms with Crippen molar-refractivity contribution in [3.05, 3.63) is 74.1 Å². The molecule has 0 radical (unpaired) electrons. The van der Waals surface area contributed by atoms with Gasteiger partial charge in [-0.3, -0.25) is 23.9 Å². The van der Waals surface area contributed by atoms with Crippen LogP contribution in [0.5, 0.6) is 0 Å². The van der Waals surface area contributed by atoms with Crippen LogP contribution in [0.2, 0.25) is 0 Å². The van der Waals surface area contributed by atoms with Crippen LogP contribution in [-0.2, 0) is 18.3 Å². The maximum atomic E-state index is 13.2. The van der Waals surface area contributed by atoms with Crippen LogP contribution in [0.4, 0.5) is 0 Å². The zero-order valence-corrected chi connectivity index (χ0v) is 16.6. The van der Waals surface area contributed by atoms with Crippen molar-refractivity contribution in [2.24, 2.45) is 18.2 Å². The van der Waals surface area contributed by atoms with Gasteiger partial charge < -0.3 is 10.6 Å². The van der Waals surface area contributed by atoms with Gasteiger partial charge in [0.15, 0.2) is 0 Å². The summed E-state index contributed by atoms with van der Waals surface area (Å²) in [5.74, 6) is -0.869. The predicted molar refractivity (Wildman–Crippen MR) is 110 cm³/mol. The molecule has 1 fully saturated rings. The zero-order chi connectivity index (χ0) is 21.6. The number of likely N-dealkylation sites (tertiary alicyclic amines) is 1. The normalized spacial score (nSPS) is 15.1. The maximum absolute atomic E-state index is 13.2. The van der Waals surface area contributed by atoms with E-state index in [1.807, 2.05) is 30.3 Å². The summed E-state index contributed by atoms with van der Waals surface area (Å²) >= 11 is 0. The van der Waals surface area contributed by atoms with Gasteiger partial charge in [0, 0.05) is 25.8 Å². The number of benzene rings is 1. The van der Waals surface area contributed by atoms with Crippen LogP contribution in [0.25, 0.3) is 11.0 Å². The lowest BCUT2D eigenvalue weighted by Crippen LogP contribution is -2.65. The number of nitrogens with one attached hydrogen (secondary N) is 1. The topological polar surface area (TPSA) is 131 Å². The summed E-state index contributed by atoms with van der Waals surface area (Å²) in [5.41, 5.74) is 5.28. The number of H-pyrrole nitrogens is 1. The molecule has 0 atom stereocenters.